The smallest absolute Gasteiger partial charge is 0.162 e. The first-order valence-corrected chi connectivity index (χ1v) is 6.33. The summed E-state index contributed by atoms with van der Waals surface area (Å²) in [4.78, 5) is 0. The Kier molecular flexibility index (Phi) is 6.12. The van der Waals surface area contributed by atoms with E-state index in [1.54, 1.807) is 6.07 Å². The maximum atomic E-state index is 13.4. The van der Waals surface area contributed by atoms with E-state index >= 15 is 0 Å². The van der Waals surface area contributed by atoms with Gasteiger partial charge < -0.3 is 5.73 Å². The van der Waals surface area contributed by atoms with Crippen LogP contribution in [0.3, 0.4) is 0 Å². The second-order valence-corrected chi connectivity index (χ2v) is 4.53. The van der Waals surface area contributed by atoms with E-state index in [4.69, 9.17) is 5.73 Å². The molecule has 17 heavy (non-hydrogen) atoms. The van der Waals surface area contributed by atoms with E-state index in [1.807, 2.05) is 0 Å². The Balaban J connectivity index is 2.39. The fourth-order valence-electron chi connectivity index (χ4n) is 1.92. The van der Waals surface area contributed by atoms with Crippen molar-refractivity contribution in [1.82, 2.24) is 0 Å². The second-order valence-electron chi connectivity index (χ2n) is 4.53. The van der Waals surface area contributed by atoms with Crippen LogP contribution in [0.25, 0.3) is 0 Å². The summed E-state index contributed by atoms with van der Waals surface area (Å²) in [5, 5.41) is 0. The van der Waals surface area contributed by atoms with Crippen LogP contribution in [-0.4, -0.2) is 6.04 Å². The van der Waals surface area contributed by atoms with Crippen LogP contribution in [0.1, 0.15) is 44.6 Å². The van der Waals surface area contributed by atoms with Gasteiger partial charge in [0.15, 0.2) is 11.6 Å². The van der Waals surface area contributed by atoms with Gasteiger partial charge in [0.05, 0.1) is 0 Å². The van der Waals surface area contributed by atoms with Gasteiger partial charge in [-0.2, -0.15) is 0 Å². The highest BCUT2D eigenvalue weighted by Crippen LogP contribution is 2.15. The summed E-state index contributed by atoms with van der Waals surface area (Å²) in [5.41, 5.74) is 6.30. The second kappa shape index (κ2) is 7.38. The van der Waals surface area contributed by atoms with Gasteiger partial charge in [0.1, 0.15) is 0 Å². The van der Waals surface area contributed by atoms with Crippen molar-refractivity contribution in [3.05, 3.63) is 35.4 Å². The molecule has 0 fully saturated rings. The summed E-state index contributed by atoms with van der Waals surface area (Å²) in [5.74, 6) is -1.54. The van der Waals surface area contributed by atoms with Gasteiger partial charge in [-0.05, 0) is 24.5 Å². The summed E-state index contributed by atoms with van der Waals surface area (Å²) in [6.07, 6.45) is 5.91. The molecule has 1 nitrogen and oxygen atoms in total. The van der Waals surface area contributed by atoms with E-state index in [0.717, 1.165) is 25.3 Å². The normalized spacial score (nSPS) is 12.7. The van der Waals surface area contributed by atoms with Crippen molar-refractivity contribution in [3.63, 3.8) is 0 Å². The van der Waals surface area contributed by atoms with E-state index in [-0.39, 0.29) is 6.04 Å². The lowest BCUT2D eigenvalue weighted by Crippen LogP contribution is -2.23. The number of benzene rings is 1. The number of unbranched alkanes of at least 4 members (excludes halogenated alkanes) is 3. The lowest BCUT2D eigenvalue weighted by molar-refractivity contribution is 0.485. The van der Waals surface area contributed by atoms with E-state index < -0.39 is 11.6 Å². The first kappa shape index (κ1) is 14.1. The van der Waals surface area contributed by atoms with Crippen LogP contribution in [0, 0.1) is 11.6 Å². The largest absolute Gasteiger partial charge is 0.327 e. The molecular weight excluding hydrogens is 220 g/mol. The molecule has 0 spiro atoms. The van der Waals surface area contributed by atoms with Gasteiger partial charge in [-0.25, -0.2) is 8.78 Å². The Morgan fingerprint density at radius 2 is 1.94 bits per heavy atom. The molecule has 0 heterocycles. The average molecular weight is 241 g/mol. The highest BCUT2D eigenvalue weighted by Gasteiger charge is 2.11. The monoisotopic (exact) mass is 241 g/mol. The Hall–Kier alpha value is -0.960. The third-order valence-corrected chi connectivity index (χ3v) is 2.94. The van der Waals surface area contributed by atoms with Gasteiger partial charge in [0.25, 0.3) is 0 Å². The number of rotatable bonds is 7. The SMILES string of the molecule is CCCCCCC(N)Cc1cccc(F)c1F. The molecular formula is C14H21F2N. The van der Waals surface area contributed by atoms with E-state index in [1.165, 1.54) is 18.9 Å². The molecule has 2 N–H and O–H groups in total. The molecule has 1 atom stereocenters. The van der Waals surface area contributed by atoms with Crippen LogP contribution in [0.15, 0.2) is 18.2 Å². The van der Waals surface area contributed by atoms with Gasteiger partial charge in [0.2, 0.25) is 0 Å². The molecule has 1 rings (SSSR count). The standard InChI is InChI=1S/C14H21F2N/c1-2-3-4-5-8-12(17)10-11-7-6-9-13(15)14(11)16/h6-7,9,12H,2-5,8,10,17H2,1H3. The number of hydrogen-bond acceptors (Lipinski definition) is 1. The molecule has 0 radical (unpaired) electrons. The molecule has 96 valence electrons. The van der Waals surface area contributed by atoms with Gasteiger partial charge in [-0.3, -0.25) is 0 Å². The fraction of sp³-hybridized carbons (Fsp3) is 0.571. The van der Waals surface area contributed by atoms with Crippen molar-refractivity contribution in [1.29, 1.82) is 0 Å². The molecule has 0 aromatic heterocycles. The minimum atomic E-state index is -0.791. The lowest BCUT2D eigenvalue weighted by atomic mass is 10.0. The summed E-state index contributed by atoms with van der Waals surface area (Å²) >= 11 is 0. The molecule has 3 heteroatoms. The topological polar surface area (TPSA) is 26.0 Å². The maximum Gasteiger partial charge on any atom is 0.162 e. The van der Waals surface area contributed by atoms with Gasteiger partial charge in [0, 0.05) is 6.04 Å². The van der Waals surface area contributed by atoms with Gasteiger partial charge >= 0.3 is 0 Å². The Morgan fingerprint density at radius 3 is 2.65 bits per heavy atom. The van der Waals surface area contributed by atoms with Crippen LogP contribution in [0.2, 0.25) is 0 Å². The molecule has 0 bridgehead atoms. The van der Waals surface area contributed by atoms with Gasteiger partial charge in [-0.1, -0.05) is 44.7 Å². The molecule has 0 amide bonds. The summed E-state index contributed by atoms with van der Waals surface area (Å²) in [6, 6.07) is 4.18. The first-order chi connectivity index (χ1) is 8.15. The van der Waals surface area contributed by atoms with Crippen molar-refractivity contribution in [3.8, 4) is 0 Å². The van der Waals surface area contributed by atoms with Crippen LogP contribution in [-0.2, 0) is 6.42 Å². The molecule has 0 saturated carbocycles. The third kappa shape index (κ3) is 4.82. The van der Waals surface area contributed by atoms with E-state index in [9.17, 15) is 8.78 Å². The summed E-state index contributed by atoms with van der Waals surface area (Å²) in [7, 11) is 0. The van der Waals surface area contributed by atoms with Crippen molar-refractivity contribution < 1.29 is 8.78 Å². The summed E-state index contributed by atoms with van der Waals surface area (Å²) < 4.78 is 26.3. The fourth-order valence-corrected chi connectivity index (χ4v) is 1.92. The third-order valence-electron chi connectivity index (χ3n) is 2.94. The molecule has 0 aliphatic rings. The van der Waals surface area contributed by atoms with E-state index in [0.29, 0.717) is 12.0 Å². The molecule has 0 aliphatic heterocycles. The summed E-state index contributed by atoms with van der Waals surface area (Å²) in [6.45, 7) is 2.15. The maximum absolute atomic E-state index is 13.4. The van der Waals surface area contributed by atoms with E-state index in [2.05, 4.69) is 6.92 Å². The van der Waals surface area contributed by atoms with Crippen molar-refractivity contribution in [2.45, 2.75) is 51.5 Å². The zero-order valence-electron chi connectivity index (χ0n) is 10.4. The molecule has 1 unspecified atom stereocenters. The van der Waals surface area contributed by atoms with Crippen molar-refractivity contribution in [2.75, 3.05) is 0 Å². The zero-order chi connectivity index (χ0) is 12.7. The number of hydrogen-bond donors (Lipinski definition) is 1. The highest BCUT2D eigenvalue weighted by molar-refractivity contribution is 5.19. The van der Waals surface area contributed by atoms with Crippen molar-refractivity contribution >= 4 is 0 Å². The average Bonchev–Trinajstić information content (AvgIpc) is 2.31. The first-order valence-electron chi connectivity index (χ1n) is 6.33. The predicted octanol–water partition coefficient (Wildman–Crippen LogP) is 3.81. The Labute approximate surface area is 102 Å². The lowest BCUT2D eigenvalue weighted by Gasteiger charge is -2.12. The molecule has 0 aliphatic carbocycles. The zero-order valence-corrected chi connectivity index (χ0v) is 10.4. The molecule has 1 aromatic rings. The molecule has 0 saturated heterocycles. The minimum absolute atomic E-state index is 0.0804. The molecule has 1 aromatic carbocycles. The van der Waals surface area contributed by atoms with Crippen LogP contribution in [0.5, 0.6) is 0 Å². The highest BCUT2D eigenvalue weighted by atomic mass is 19.2. The van der Waals surface area contributed by atoms with Gasteiger partial charge in [-0.15, -0.1) is 0 Å². The van der Waals surface area contributed by atoms with Crippen LogP contribution < -0.4 is 5.73 Å². The van der Waals surface area contributed by atoms with Crippen LogP contribution >= 0.6 is 0 Å². The van der Waals surface area contributed by atoms with Crippen molar-refractivity contribution in [2.24, 2.45) is 5.73 Å². The number of halogens is 2. The van der Waals surface area contributed by atoms with Crippen LogP contribution in [0.4, 0.5) is 8.78 Å². The minimum Gasteiger partial charge on any atom is -0.327 e. The Morgan fingerprint density at radius 1 is 1.18 bits per heavy atom. The predicted molar refractivity (Wildman–Crippen MR) is 66.8 cm³/mol. The quantitative estimate of drug-likeness (QED) is 0.722. The number of nitrogens with two attached hydrogens (primary N) is 1. The Bertz CT molecular complexity index is 339.